The Morgan fingerprint density at radius 1 is 0.262 bits per heavy atom. The summed E-state index contributed by atoms with van der Waals surface area (Å²) in [6, 6.07) is 0. The van der Waals surface area contributed by atoms with Crippen LogP contribution >= 0.6 is 0 Å². The van der Waals surface area contributed by atoms with Crippen molar-refractivity contribution < 1.29 is 33.2 Å². The van der Waals surface area contributed by atoms with Crippen LogP contribution in [0.2, 0.25) is 0 Å². The van der Waals surface area contributed by atoms with Crippen LogP contribution in [0.15, 0.2) is 24.3 Å². The second-order valence-electron chi connectivity index (χ2n) is 18.9. The Labute approximate surface area is 406 Å². The van der Waals surface area contributed by atoms with Crippen LogP contribution < -0.4 is 0 Å². The normalized spacial score (nSPS) is 13.2. The largest absolute Gasteiger partial charge is 0.353 e. The molecule has 0 bridgehead atoms. The predicted octanol–water partition coefficient (Wildman–Crippen LogP) is 18.5. The number of hydrogen-bond donors (Lipinski definition) is 0. The average molecular weight is 924 g/mol. The molecule has 0 aromatic heterocycles. The van der Waals surface area contributed by atoms with Crippen molar-refractivity contribution in [1.82, 2.24) is 0 Å². The van der Waals surface area contributed by atoms with E-state index < -0.39 is 12.6 Å². The summed E-state index contributed by atoms with van der Waals surface area (Å²) in [7, 11) is 0. The van der Waals surface area contributed by atoms with Gasteiger partial charge in [0.25, 0.3) is 0 Å². The molecular formula is C58H114O7. The summed E-state index contributed by atoms with van der Waals surface area (Å²) in [6.07, 6.45) is 53.9. The third-order valence-electron chi connectivity index (χ3n) is 12.2. The van der Waals surface area contributed by atoms with Crippen LogP contribution in [0.5, 0.6) is 0 Å². The Morgan fingerprint density at radius 3 is 0.815 bits per heavy atom. The van der Waals surface area contributed by atoms with Gasteiger partial charge in [-0.15, -0.1) is 0 Å². The summed E-state index contributed by atoms with van der Waals surface area (Å²) in [5.41, 5.74) is 0. The fourth-order valence-electron chi connectivity index (χ4n) is 7.97. The molecule has 0 N–H and O–H groups in total. The summed E-state index contributed by atoms with van der Waals surface area (Å²) < 4.78 is 44.0. The first-order valence-corrected chi connectivity index (χ1v) is 28.8. The summed E-state index contributed by atoms with van der Waals surface area (Å²) in [6.45, 7) is 17.9. The lowest BCUT2D eigenvalue weighted by molar-refractivity contribution is -0.207. The van der Waals surface area contributed by atoms with Crippen LogP contribution in [0.3, 0.4) is 0 Å². The van der Waals surface area contributed by atoms with Crippen molar-refractivity contribution in [2.45, 2.75) is 311 Å². The van der Waals surface area contributed by atoms with Gasteiger partial charge in [0.15, 0.2) is 25.2 Å². The molecule has 0 heterocycles. The molecule has 0 aromatic rings. The minimum absolute atomic E-state index is 0.0890. The Kier molecular flexibility index (Phi) is 55.1. The van der Waals surface area contributed by atoms with Crippen LogP contribution in [0.1, 0.15) is 286 Å². The topological polar surface area (TPSA) is 64.6 Å². The molecule has 0 fully saturated rings. The number of ether oxygens (including phenoxy) is 7. The fraction of sp³-hybridized carbons (Fsp3) is 0.931. The van der Waals surface area contributed by atoms with E-state index in [4.69, 9.17) is 33.2 Å². The molecule has 7 heteroatoms. The van der Waals surface area contributed by atoms with Crippen molar-refractivity contribution in [3.8, 4) is 0 Å². The quantitative estimate of drug-likeness (QED) is 0.0342. The summed E-state index contributed by atoms with van der Waals surface area (Å²) in [5.74, 6) is 0. The lowest BCUT2D eigenvalue weighted by atomic mass is 10.1. The van der Waals surface area contributed by atoms with Crippen LogP contribution in [-0.4, -0.2) is 64.8 Å². The van der Waals surface area contributed by atoms with Gasteiger partial charge >= 0.3 is 0 Å². The number of hydrogen-bond acceptors (Lipinski definition) is 7. The lowest BCUT2D eigenvalue weighted by Crippen LogP contribution is -2.25. The van der Waals surface area contributed by atoms with E-state index in [1.54, 1.807) is 0 Å². The van der Waals surface area contributed by atoms with Gasteiger partial charge in [-0.05, 0) is 102 Å². The van der Waals surface area contributed by atoms with E-state index in [1.165, 1.54) is 154 Å². The summed E-state index contributed by atoms with van der Waals surface area (Å²) >= 11 is 0. The van der Waals surface area contributed by atoms with Gasteiger partial charge in [-0.3, -0.25) is 0 Å². The van der Waals surface area contributed by atoms with Crippen molar-refractivity contribution in [3.05, 3.63) is 24.3 Å². The van der Waals surface area contributed by atoms with E-state index in [9.17, 15) is 0 Å². The molecule has 0 rings (SSSR count). The highest BCUT2D eigenvalue weighted by atomic mass is 16.8. The highest BCUT2D eigenvalue weighted by Gasteiger charge is 2.14. The smallest absolute Gasteiger partial charge is 0.180 e. The van der Waals surface area contributed by atoms with Gasteiger partial charge in [0.2, 0.25) is 0 Å². The zero-order valence-corrected chi connectivity index (χ0v) is 44.6. The Bertz CT molecular complexity index is 816. The number of rotatable bonds is 56. The van der Waals surface area contributed by atoms with Crippen molar-refractivity contribution >= 4 is 0 Å². The average Bonchev–Trinajstić information content (AvgIpc) is 3.31. The van der Waals surface area contributed by atoms with Crippen LogP contribution in [0.25, 0.3) is 0 Å². The molecule has 7 nitrogen and oxygen atoms in total. The molecule has 0 aliphatic rings. The van der Waals surface area contributed by atoms with Gasteiger partial charge in [-0.1, -0.05) is 208 Å². The van der Waals surface area contributed by atoms with Crippen molar-refractivity contribution in [3.63, 3.8) is 0 Å². The standard InChI is InChI=1S/C58H114O7/c1-7-13-17-21-25-33-41-51-61-55(62-52-42-34-26-22-18-14-8-2)45-37-29-31-39-47-57(59-49-11-5)65-58(60-50-12-6)48-40-32-30-38-46-56(63-53-43-35-27-23-19-15-9-3)64-54-44-36-28-24-20-16-10-4/h39-40,47-48,55-58H,7-38,41-46,49-54H2,1-6H3. The highest BCUT2D eigenvalue weighted by molar-refractivity contribution is 4.90. The van der Waals surface area contributed by atoms with Gasteiger partial charge < -0.3 is 33.2 Å². The van der Waals surface area contributed by atoms with Gasteiger partial charge in [-0.25, -0.2) is 0 Å². The van der Waals surface area contributed by atoms with E-state index in [0.29, 0.717) is 13.2 Å². The molecule has 0 spiro atoms. The van der Waals surface area contributed by atoms with Crippen molar-refractivity contribution in [2.75, 3.05) is 39.6 Å². The summed E-state index contributed by atoms with van der Waals surface area (Å²) in [4.78, 5) is 0. The van der Waals surface area contributed by atoms with Gasteiger partial charge in [0.1, 0.15) is 0 Å². The third-order valence-corrected chi connectivity index (χ3v) is 12.2. The number of allylic oxidation sites excluding steroid dienone is 2. The summed E-state index contributed by atoms with van der Waals surface area (Å²) in [5, 5.41) is 0. The van der Waals surface area contributed by atoms with Gasteiger partial charge in [-0.2, -0.15) is 0 Å². The molecule has 0 amide bonds. The zero-order chi connectivity index (χ0) is 47.2. The molecule has 0 saturated carbocycles. The molecule has 0 aromatic carbocycles. The van der Waals surface area contributed by atoms with E-state index in [1.807, 2.05) is 0 Å². The Hall–Kier alpha value is -0.800. The third kappa shape index (κ3) is 49.4. The molecule has 2 unspecified atom stereocenters. The Balaban J connectivity index is 4.95. The van der Waals surface area contributed by atoms with E-state index in [2.05, 4.69) is 65.8 Å². The second-order valence-corrected chi connectivity index (χ2v) is 18.9. The fourth-order valence-corrected chi connectivity index (χ4v) is 7.97. The zero-order valence-electron chi connectivity index (χ0n) is 44.6. The maximum absolute atomic E-state index is 6.41. The van der Waals surface area contributed by atoms with E-state index >= 15 is 0 Å². The SMILES string of the molecule is CCCCCCCCCOC(CCCCC=CC(OCCC)OC(C=CCCCCC(OCCCCCCCCC)OCCCCCCCCC)OCCC)OCCCCCCCCC. The lowest BCUT2D eigenvalue weighted by Gasteiger charge is -2.21. The molecule has 0 saturated heterocycles. The van der Waals surface area contributed by atoms with Gasteiger partial charge in [0.05, 0.1) is 0 Å². The maximum Gasteiger partial charge on any atom is 0.180 e. The molecule has 65 heavy (non-hydrogen) atoms. The first-order chi connectivity index (χ1) is 32.1. The second kappa shape index (κ2) is 55.8. The molecule has 0 aliphatic carbocycles. The molecule has 0 aliphatic heterocycles. The van der Waals surface area contributed by atoms with Crippen LogP contribution in [-0.2, 0) is 33.2 Å². The van der Waals surface area contributed by atoms with E-state index in [-0.39, 0.29) is 12.6 Å². The first-order valence-electron chi connectivity index (χ1n) is 28.8. The first kappa shape index (κ1) is 64.2. The van der Waals surface area contributed by atoms with Gasteiger partial charge in [0, 0.05) is 39.6 Å². The van der Waals surface area contributed by atoms with E-state index in [0.717, 1.165) is 116 Å². The molecule has 2 atom stereocenters. The van der Waals surface area contributed by atoms with Crippen LogP contribution in [0.4, 0.5) is 0 Å². The molecular weight excluding hydrogens is 809 g/mol. The highest BCUT2D eigenvalue weighted by Crippen LogP contribution is 2.17. The van der Waals surface area contributed by atoms with Crippen LogP contribution in [0, 0.1) is 0 Å². The van der Waals surface area contributed by atoms with Crippen molar-refractivity contribution in [1.29, 1.82) is 0 Å². The molecule has 0 radical (unpaired) electrons. The van der Waals surface area contributed by atoms with Crippen molar-refractivity contribution in [2.24, 2.45) is 0 Å². The molecule has 388 valence electrons. The minimum Gasteiger partial charge on any atom is -0.353 e. The predicted molar refractivity (Wildman–Crippen MR) is 280 cm³/mol. The maximum atomic E-state index is 6.41. The Morgan fingerprint density at radius 2 is 0.538 bits per heavy atom. The number of unbranched alkanes of at least 4 members (excludes halogenated alkanes) is 28. The minimum atomic E-state index is -0.437. The monoisotopic (exact) mass is 923 g/mol.